The molecule has 1 aromatic carbocycles. The van der Waals surface area contributed by atoms with E-state index in [0.29, 0.717) is 13.1 Å². The van der Waals surface area contributed by atoms with E-state index >= 15 is 0 Å². The Hall–Kier alpha value is -2.73. The van der Waals surface area contributed by atoms with Gasteiger partial charge in [0.25, 0.3) is 5.91 Å². The van der Waals surface area contributed by atoms with Gasteiger partial charge in [-0.2, -0.15) is 0 Å². The molecule has 1 fully saturated rings. The van der Waals surface area contributed by atoms with E-state index in [1.165, 1.54) is 16.9 Å². The van der Waals surface area contributed by atoms with E-state index in [1.807, 2.05) is 54.4 Å². The molecule has 6 heteroatoms. The molecule has 4 rings (SSSR count). The average Bonchev–Trinajstić information content (AvgIpc) is 3.09. The molecule has 0 spiro atoms. The molecular formula is C21H22N4OS. The molecular weight excluding hydrogens is 356 g/mol. The van der Waals surface area contributed by atoms with E-state index in [4.69, 9.17) is 0 Å². The molecule has 3 heterocycles. The lowest BCUT2D eigenvalue weighted by Gasteiger charge is -2.35. The van der Waals surface area contributed by atoms with E-state index in [0.717, 1.165) is 40.9 Å². The van der Waals surface area contributed by atoms with Gasteiger partial charge in [0.1, 0.15) is 10.7 Å². The lowest BCUT2D eigenvalue weighted by atomic mass is 10.2. The first-order valence-corrected chi connectivity index (χ1v) is 9.98. The summed E-state index contributed by atoms with van der Waals surface area (Å²) in [6.45, 7) is 4.96. The number of benzene rings is 1. The van der Waals surface area contributed by atoms with Crippen LogP contribution in [-0.4, -0.2) is 47.0 Å². The van der Waals surface area contributed by atoms with Crippen molar-refractivity contribution in [1.82, 2.24) is 14.9 Å². The number of aromatic nitrogens is 2. The van der Waals surface area contributed by atoms with Crippen LogP contribution in [0.15, 0.2) is 54.7 Å². The summed E-state index contributed by atoms with van der Waals surface area (Å²) in [6, 6.07) is 16.2. The second-order valence-corrected chi connectivity index (χ2v) is 7.74. The molecule has 5 nitrogen and oxygen atoms in total. The Balaban J connectivity index is 1.41. The Morgan fingerprint density at radius 2 is 1.78 bits per heavy atom. The van der Waals surface area contributed by atoms with Crippen LogP contribution in [0, 0.1) is 6.92 Å². The van der Waals surface area contributed by atoms with E-state index < -0.39 is 0 Å². The molecule has 1 aliphatic rings. The average molecular weight is 379 g/mol. The monoisotopic (exact) mass is 378 g/mol. The second-order valence-electron chi connectivity index (χ2n) is 6.65. The maximum Gasteiger partial charge on any atom is 0.265 e. The van der Waals surface area contributed by atoms with Crippen LogP contribution in [0.5, 0.6) is 0 Å². The van der Waals surface area contributed by atoms with Crippen LogP contribution >= 0.6 is 11.3 Å². The number of anilines is 1. The summed E-state index contributed by atoms with van der Waals surface area (Å²) in [5, 5.41) is 0.995. The minimum atomic E-state index is 0.102. The van der Waals surface area contributed by atoms with Gasteiger partial charge in [-0.25, -0.2) is 9.97 Å². The molecule has 2 aromatic heterocycles. The molecule has 0 atom stereocenters. The Kier molecular flexibility index (Phi) is 5.16. The molecule has 1 aliphatic heterocycles. The van der Waals surface area contributed by atoms with Crippen molar-refractivity contribution in [3.8, 4) is 0 Å². The molecule has 0 saturated carbocycles. The standard InChI is InChI=1S/C21H22N4OS/c1-16-20(27-19(23-16)15-17-7-3-2-4-8-17)21(26)25-13-11-24(12-14-25)18-9-5-6-10-22-18/h2-10H,11-15H2,1H3. The van der Waals surface area contributed by atoms with Gasteiger partial charge in [0.15, 0.2) is 0 Å². The van der Waals surface area contributed by atoms with Crippen LogP contribution in [0.3, 0.4) is 0 Å². The normalized spacial score (nSPS) is 14.4. The molecule has 27 heavy (non-hydrogen) atoms. The van der Waals surface area contributed by atoms with Gasteiger partial charge in [0.05, 0.1) is 10.7 Å². The van der Waals surface area contributed by atoms with Crippen LogP contribution in [0.1, 0.15) is 25.9 Å². The molecule has 1 amide bonds. The predicted octanol–water partition coefficient (Wildman–Crippen LogP) is 3.40. The van der Waals surface area contributed by atoms with E-state index in [1.54, 1.807) is 0 Å². The van der Waals surface area contributed by atoms with Crippen LogP contribution in [-0.2, 0) is 6.42 Å². The maximum absolute atomic E-state index is 13.0. The third-order valence-electron chi connectivity index (χ3n) is 4.77. The highest BCUT2D eigenvalue weighted by molar-refractivity contribution is 7.13. The smallest absolute Gasteiger partial charge is 0.265 e. The highest BCUT2D eigenvalue weighted by atomic mass is 32.1. The van der Waals surface area contributed by atoms with Crippen molar-refractivity contribution < 1.29 is 4.79 Å². The molecule has 3 aromatic rings. The van der Waals surface area contributed by atoms with Crippen LogP contribution in [0.25, 0.3) is 0 Å². The lowest BCUT2D eigenvalue weighted by Crippen LogP contribution is -2.49. The summed E-state index contributed by atoms with van der Waals surface area (Å²) >= 11 is 1.53. The topological polar surface area (TPSA) is 49.3 Å². The van der Waals surface area contributed by atoms with Gasteiger partial charge in [-0.1, -0.05) is 36.4 Å². The van der Waals surface area contributed by atoms with Crippen LogP contribution < -0.4 is 4.90 Å². The van der Waals surface area contributed by atoms with Gasteiger partial charge < -0.3 is 9.80 Å². The summed E-state index contributed by atoms with van der Waals surface area (Å²) in [5.41, 5.74) is 2.05. The largest absolute Gasteiger partial charge is 0.353 e. The number of pyridine rings is 1. The van der Waals surface area contributed by atoms with Crippen LogP contribution in [0.2, 0.25) is 0 Å². The fourth-order valence-corrected chi connectivity index (χ4v) is 4.39. The third kappa shape index (κ3) is 4.01. The third-order valence-corrected chi connectivity index (χ3v) is 5.92. The van der Waals surface area contributed by atoms with E-state index in [2.05, 4.69) is 27.0 Å². The summed E-state index contributed by atoms with van der Waals surface area (Å²) in [7, 11) is 0. The van der Waals surface area contributed by atoms with Crippen LogP contribution in [0.4, 0.5) is 5.82 Å². The summed E-state index contributed by atoms with van der Waals surface area (Å²) in [6.07, 6.45) is 2.58. The number of nitrogens with zero attached hydrogens (tertiary/aromatic N) is 4. The lowest BCUT2D eigenvalue weighted by molar-refractivity contribution is 0.0750. The predicted molar refractivity (Wildman–Crippen MR) is 108 cm³/mol. The Labute approximate surface area is 163 Å². The summed E-state index contributed by atoms with van der Waals surface area (Å²) in [4.78, 5) is 27.0. The molecule has 0 bridgehead atoms. The first kappa shape index (κ1) is 17.7. The van der Waals surface area contributed by atoms with Crippen molar-refractivity contribution in [3.05, 3.63) is 75.9 Å². The molecule has 0 radical (unpaired) electrons. The van der Waals surface area contributed by atoms with E-state index in [9.17, 15) is 4.79 Å². The Bertz CT molecular complexity index is 902. The zero-order valence-corrected chi connectivity index (χ0v) is 16.2. The van der Waals surface area contributed by atoms with Crippen molar-refractivity contribution in [2.45, 2.75) is 13.3 Å². The summed E-state index contributed by atoms with van der Waals surface area (Å²) in [5.74, 6) is 1.08. The minimum Gasteiger partial charge on any atom is -0.353 e. The van der Waals surface area contributed by atoms with Gasteiger partial charge in [0.2, 0.25) is 0 Å². The first-order chi connectivity index (χ1) is 13.2. The fourth-order valence-electron chi connectivity index (χ4n) is 3.32. The van der Waals surface area contributed by atoms with Crippen molar-refractivity contribution in [1.29, 1.82) is 0 Å². The van der Waals surface area contributed by atoms with Crippen molar-refractivity contribution in [2.75, 3.05) is 31.1 Å². The molecule has 0 aliphatic carbocycles. The van der Waals surface area contributed by atoms with Crippen molar-refractivity contribution in [2.24, 2.45) is 0 Å². The van der Waals surface area contributed by atoms with Crippen molar-refractivity contribution in [3.63, 3.8) is 0 Å². The number of carbonyl (C=O) groups is 1. The number of thiazole rings is 1. The first-order valence-electron chi connectivity index (χ1n) is 9.16. The van der Waals surface area contributed by atoms with Crippen molar-refractivity contribution >= 4 is 23.1 Å². The quantitative estimate of drug-likeness (QED) is 0.698. The van der Waals surface area contributed by atoms with Gasteiger partial charge in [-0.3, -0.25) is 4.79 Å². The summed E-state index contributed by atoms with van der Waals surface area (Å²) < 4.78 is 0. The highest BCUT2D eigenvalue weighted by Gasteiger charge is 2.25. The van der Waals surface area contributed by atoms with Gasteiger partial charge >= 0.3 is 0 Å². The van der Waals surface area contributed by atoms with Gasteiger partial charge in [-0.05, 0) is 24.6 Å². The zero-order valence-electron chi connectivity index (χ0n) is 15.3. The highest BCUT2D eigenvalue weighted by Crippen LogP contribution is 2.23. The van der Waals surface area contributed by atoms with Gasteiger partial charge in [0, 0.05) is 38.8 Å². The number of rotatable bonds is 4. The number of aryl methyl sites for hydroxylation is 1. The number of hydrogen-bond donors (Lipinski definition) is 0. The molecule has 0 unspecified atom stereocenters. The Morgan fingerprint density at radius 1 is 1.04 bits per heavy atom. The zero-order chi connectivity index (χ0) is 18.6. The number of carbonyl (C=O) groups excluding carboxylic acids is 1. The molecule has 138 valence electrons. The minimum absolute atomic E-state index is 0.102. The Morgan fingerprint density at radius 3 is 2.48 bits per heavy atom. The number of piperazine rings is 1. The SMILES string of the molecule is Cc1nc(Cc2ccccc2)sc1C(=O)N1CCN(c2ccccn2)CC1. The number of hydrogen-bond acceptors (Lipinski definition) is 5. The molecule has 1 saturated heterocycles. The second kappa shape index (κ2) is 7.88. The van der Waals surface area contributed by atoms with E-state index in [-0.39, 0.29) is 5.91 Å². The van der Waals surface area contributed by atoms with Gasteiger partial charge in [-0.15, -0.1) is 11.3 Å². The maximum atomic E-state index is 13.0. The molecule has 0 N–H and O–H groups in total. The number of amides is 1. The fraction of sp³-hybridized carbons (Fsp3) is 0.286.